The average molecular weight is 539 g/mol. The van der Waals surface area contributed by atoms with E-state index >= 15 is 0 Å². The zero-order valence-electron chi connectivity index (χ0n) is 22.5. The highest BCUT2D eigenvalue weighted by atomic mass is 32.2. The Hall–Kier alpha value is -2.81. The molecule has 0 saturated heterocycles. The minimum Gasteiger partial charge on any atom is -0.502 e. The molecule has 0 spiro atoms. The minimum atomic E-state index is -4.13. The third-order valence-corrected chi connectivity index (χ3v) is 7.38. The van der Waals surface area contributed by atoms with Gasteiger partial charge in [-0.25, -0.2) is 8.42 Å². The van der Waals surface area contributed by atoms with Gasteiger partial charge in [0.25, 0.3) is 0 Å². The van der Waals surface area contributed by atoms with Gasteiger partial charge in [0.2, 0.25) is 21.3 Å². The van der Waals surface area contributed by atoms with Crippen molar-refractivity contribution < 1.29 is 37.6 Å². The van der Waals surface area contributed by atoms with Crippen molar-refractivity contribution >= 4 is 9.84 Å². The number of hydrogen-bond donors (Lipinski definition) is 2. The fraction of sp³-hybridized carbons (Fsp3) is 0.571. The molecule has 0 amide bonds. The van der Waals surface area contributed by atoms with Crippen LogP contribution in [-0.4, -0.2) is 45.1 Å². The van der Waals surface area contributed by atoms with Gasteiger partial charge in [0.05, 0.1) is 36.2 Å². The van der Waals surface area contributed by atoms with Crippen LogP contribution >= 0.6 is 0 Å². The standard InChI is InChI=1S/C28H42O8S/c1-5-9-13-33-23-17-21(18-24(27(23)29)34-14-10-6-2)37(31,32)22-19-25(35-15-11-7-3)28(30)26(20-22)36-16-12-8-4/h17-20,29-30H,5-16H2,1-4H3. The van der Waals surface area contributed by atoms with Crippen LogP contribution in [0.5, 0.6) is 34.5 Å². The average Bonchev–Trinajstić information content (AvgIpc) is 2.88. The summed E-state index contributed by atoms with van der Waals surface area (Å²) < 4.78 is 50.4. The number of phenols is 2. The molecule has 0 unspecified atom stereocenters. The van der Waals surface area contributed by atoms with Crippen LogP contribution in [0, 0.1) is 0 Å². The van der Waals surface area contributed by atoms with Crippen molar-refractivity contribution in [1.29, 1.82) is 0 Å². The van der Waals surface area contributed by atoms with Gasteiger partial charge in [0.1, 0.15) is 0 Å². The number of rotatable bonds is 18. The van der Waals surface area contributed by atoms with Gasteiger partial charge in [-0.05, 0) is 25.7 Å². The number of ether oxygens (including phenoxy) is 4. The molecule has 2 aromatic rings. The third-order valence-electron chi connectivity index (χ3n) is 5.67. The summed E-state index contributed by atoms with van der Waals surface area (Å²) in [7, 11) is -4.13. The van der Waals surface area contributed by atoms with E-state index in [4.69, 9.17) is 18.9 Å². The Bertz CT molecular complexity index is 940. The summed E-state index contributed by atoms with van der Waals surface area (Å²) in [4.78, 5) is -0.207. The molecule has 37 heavy (non-hydrogen) atoms. The van der Waals surface area contributed by atoms with Crippen LogP contribution in [0.1, 0.15) is 79.1 Å². The van der Waals surface area contributed by atoms with Crippen molar-refractivity contribution in [3.63, 3.8) is 0 Å². The van der Waals surface area contributed by atoms with Gasteiger partial charge >= 0.3 is 0 Å². The summed E-state index contributed by atoms with van der Waals surface area (Å²) in [5, 5.41) is 21.4. The van der Waals surface area contributed by atoms with Gasteiger partial charge < -0.3 is 29.2 Å². The van der Waals surface area contributed by atoms with Crippen LogP contribution in [-0.2, 0) is 9.84 Å². The smallest absolute Gasteiger partial charge is 0.207 e. The summed E-state index contributed by atoms with van der Waals surface area (Å²) in [6.07, 6.45) is 6.52. The second-order valence-electron chi connectivity index (χ2n) is 8.85. The van der Waals surface area contributed by atoms with E-state index in [-0.39, 0.29) is 44.3 Å². The van der Waals surface area contributed by atoms with Crippen molar-refractivity contribution in [2.45, 2.75) is 88.9 Å². The Morgan fingerprint density at radius 3 is 1.00 bits per heavy atom. The molecule has 2 aromatic carbocycles. The fourth-order valence-corrected chi connectivity index (χ4v) is 4.63. The lowest BCUT2D eigenvalue weighted by atomic mass is 10.2. The van der Waals surface area contributed by atoms with Gasteiger partial charge in [-0.15, -0.1) is 0 Å². The molecule has 0 aliphatic rings. The molecule has 0 aliphatic heterocycles. The predicted molar refractivity (Wildman–Crippen MR) is 143 cm³/mol. The summed E-state index contributed by atoms with van der Waals surface area (Å²) in [6, 6.07) is 5.20. The van der Waals surface area contributed by atoms with Gasteiger partial charge in [-0.3, -0.25) is 0 Å². The van der Waals surface area contributed by atoms with Gasteiger partial charge in [0.15, 0.2) is 23.0 Å². The molecule has 8 nitrogen and oxygen atoms in total. The summed E-state index contributed by atoms with van der Waals surface area (Å²) >= 11 is 0. The topological polar surface area (TPSA) is 112 Å². The van der Waals surface area contributed by atoms with E-state index in [0.29, 0.717) is 26.4 Å². The van der Waals surface area contributed by atoms with E-state index in [1.807, 2.05) is 27.7 Å². The normalized spacial score (nSPS) is 11.4. The second-order valence-corrected chi connectivity index (χ2v) is 10.8. The minimum absolute atomic E-state index is 0.0404. The first-order chi connectivity index (χ1) is 17.8. The number of unbranched alkanes of at least 4 members (excludes halogenated alkanes) is 4. The van der Waals surface area contributed by atoms with Crippen LogP contribution < -0.4 is 18.9 Å². The zero-order chi connectivity index (χ0) is 27.3. The van der Waals surface area contributed by atoms with Crippen LogP contribution in [0.15, 0.2) is 34.1 Å². The summed E-state index contributed by atoms with van der Waals surface area (Å²) in [5.41, 5.74) is 0. The number of benzene rings is 2. The highest BCUT2D eigenvalue weighted by molar-refractivity contribution is 7.91. The molecular formula is C28H42O8S. The van der Waals surface area contributed by atoms with Crippen LogP contribution in [0.25, 0.3) is 0 Å². The Balaban J connectivity index is 2.57. The Morgan fingerprint density at radius 2 is 0.784 bits per heavy atom. The largest absolute Gasteiger partial charge is 0.502 e. The molecule has 2 N–H and O–H groups in total. The van der Waals surface area contributed by atoms with Crippen LogP contribution in [0.3, 0.4) is 0 Å². The highest BCUT2D eigenvalue weighted by Crippen LogP contribution is 2.43. The molecular weight excluding hydrogens is 496 g/mol. The van der Waals surface area contributed by atoms with E-state index in [9.17, 15) is 18.6 Å². The van der Waals surface area contributed by atoms with E-state index in [0.717, 1.165) is 51.4 Å². The van der Waals surface area contributed by atoms with Gasteiger partial charge in [-0.1, -0.05) is 53.4 Å². The first kappa shape index (κ1) is 30.4. The molecule has 9 heteroatoms. The lowest BCUT2D eigenvalue weighted by Crippen LogP contribution is -2.08. The molecule has 0 bridgehead atoms. The van der Waals surface area contributed by atoms with Crippen molar-refractivity contribution in [3.05, 3.63) is 24.3 Å². The third kappa shape index (κ3) is 8.62. The highest BCUT2D eigenvalue weighted by Gasteiger charge is 2.26. The summed E-state index contributed by atoms with van der Waals surface area (Å²) in [5.74, 6) is -0.303. The molecule has 0 aliphatic carbocycles. The molecule has 0 heterocycles. The number of phenolic OH excluding ortho intramolecular Hbond substituents is 2. The monoisotopic (exact) mass is 538 g/mol. The molecule has 0 radical (unpaired) electrons. The van der Waals surface area contributed by atoms with E-state index in [1.54, 1.807) is 0 Å². The van der Waals surface area contributed by atoms with Crippen LogP contribution in [0.2, 0.25) is 0 Å². The molecule has 2 rings (SSSR count). The summed E-state index contributed by atoms with van der Waals surface area (Å²) in [6.45, 7) is 9.34. The lowest BCUT2D eigenvalue weighted by Gasteiger charge is -2.17. The number of aromatic hydroxyl groups is 2. The predicted octanol–water partition coefficient (Wildman–Crippen LogP) is 6.65. The van der Waals surface area contributed by atoms with Gasteiger partial charge in [-0.2, -0.15) is 0 Å². The van der Waals surface area contributed by atoms with Crippen molar-refractivity contribution in [2.24, 2.45) is 0 Å². The number of sulfone groups is 1. The zero-order valence-corrected chi connectivity index (χ0v) is 23.4. The first-order valence-electron chi connectivity index (χ1n) is 13.3. The molecule has 0 atom stereocenters. The van der Waals surface area contributed by atoms with Crippen molar-refractivity contribution in [2.75, 3.05) is 26.4 Å². The Kier molecular flexibility index (Phi) is 12.7. The molecule has 208 valence electrons. The SMILES string of the molecule is CCCCOc1cc(S(=O)(=O)c2cc(OCCCC)c(O)c(OCCCC)c2)cc(OCCCC)c1O. The van der Waals surface area contributed by atoms with Crippen molar-refractivity contribution in [1.82, 2.24) is 0 Å². The Labute approximate surface area is 221 Å². The molecule has 0 fully saturated rings. The van der Waals surface area contributed by atoms with Crippen LogP contribution in [0.4, 0.5) is 0 Å². The maximum Gasteiger partial charge on any atom is 0.207 e. The molecule has 0 saturated carbocycles. The van der Waals surface area contributed by atoms with Gasteiger partial charge in [0, 0.05) is 24.3 Å². The fourth-order valence-electron chi connectivity index (χ4n) is 3.31. The van der Waals surface area contributed by atoms with E-state index in [1.165, 1.54) is 24.3 Å². The van der Waals surface area contributed by atoms with Crippen molar-refractivity contribution in [3.8, 4) is 34.5 Å². The Morgan fingerprint density at radius 1 is 0.541 bits per heavy atom. The molecule has 0 aromatic heterocycles. The quantitative estimate of drug-likeness (QED) is 0.203. The maximum absolute atomic E-state index is 13.8. The van der Waals surface area contributed by atoms with E-state index in [2.05, 4.69) is 0 Å². The number of hydrogen-bond acceptors (Lipinski definition) is 8. The lowest BCUT2D eigenvalue weighted by molar-refractivity contribution is 0.266. The maximum atomic E-state index is 13.8. The second kappa shape index (κ2) is 15.4. The first-order valence-corrected chi connectivity index (χ1v) is 14.8. The van der Waals surface area contributed by atoms with E-state index < -0.39 is 9.84 Å².